The van der Waals surface area contributed by atoms with Crippen LogP contribution in [0.4, 0.5) is 9.59 Å². The van der Waals surface area contributed by atoms with E-state index in [1.165, 1.54) is 13.8 Å². The molecule has 9 atom stereocenters. The van der Waals surface area contributed by atoms with Gasteiger partial charge in [-0.15, -0.1) is 0 Å². The lowest BCUT2D eigenvalue weighted by Crippen LogP contribution is -2.37. The van der Waals surface area contributed by atoms with E-state index in [1.807, 2.05) is 29.6 Å². The van der Waals surface area contributed by atoms with E-state index in [0.717, 1.165) is 43.6 Å². The maximum atomic E-state index is 12.5. The summed E-state index contributed by atoms with van der Waals surface area (Å²) in [6, 6.07) is 4.50. The molecule has 18 nitrogen and oxygen atoms in total. The third-order valence-corrected chi connectivity index (χ3v) is 13.6. The van der Waals surface area contributed by atoms with Crippen LogP contribution in [0.5, 0.6) is 0 Å². The van der Waals surface area contributed by atoms with Crippen LogP contribution < -0.4 is 43.0 Å². The first-order valence-electron chi connectivity index (χ1n) is 19.5. The van der Waals surface area contributed by atoms with Crippen LogP contribution in [0.25, 0.3) is 0 Å². The van der Waals surface area contributed by atoms with E-state index in [-0.39, 0.29) is 99.3 Å². The molecule has 308 valence electrons. The van der Waals surface area contributed by atoms with Crippen molar-refractivity contribution >= 4 is 59.2 Å². The summed E-state index contributed by atoms with van der Waals surface area (Å²) in [7, 11) is 0. The lowest BCUT2D eigenvalue weighted by Gasteiger charge is -2.23. The summed E-state index contributed by atoms with van der Waals surface area (Å²) in [5, 5.41) is 48.9. The first kappa shape index (κ1) is 44.4. The lowest BCUT2D eigenvalue weighted by molar-refractivity contribution is -0.124. The Kier molecular flexibility index (Phi) is 16.9. The maximum Gasteiger partial charge on any atom is 0.315 e. The Morgan fingerprint density at radius 1 is 0.750 bits per heavy atom. The molecule has 0 bridgehead atoms. The zero-order valence-electron chi connectivity index (χ0n) is 32.2. The molecule has 56 heavy (non-hydrogen) atoms. The lowest BCUT2D eigenvalue weighted by atomic mass is 9.88. The summed E-state index contributed by atoms with van der Waals surface area (Å²) in [6.45, 7) is 3.64. The molecule has 0 aromatic heterocycles. The van der Waals surface area contributed by atoms with Gasteiger partial charge in [-0.1, -0.05) is 12.8 Å². The normalized spacial score (nSPS) is 26.1. The van der Waals surface area contributed by atoms with Gasteiger partial charge in [-0.05, 0) is 58.8 Å². The second kappa shape index (κ2) is 21.3. The van der Waals surface area contributed by atoms with Crippen molar-refractivity contribution in [2.24, 2.45) is 21.9 Å². The van der Waals surface area contributed by atoms with Gasteiger partial charge in [0.15, 0.2) is 11.1 Å². The van der Waals surface area contributed by atoms with Crippen molar-refractivity contribution in [3.8, 4) is 12.1 Å². The van der Waals surface area contributed by atoms with Gasteiger partial charge in [0.2, 0.25) is 23.6 Å². The van der Waals surface area contributed by atoms with Crippen molar-refractivity contribution in [1.29, 1.82) is 10.5 Å². The third kappa shape index (κ3) is 13.7. The van der Waals surface area contributed by atoms with Gasteiger partial charge in [0, 0.05) is 66.8 Å². The highest BCUT2D eigenvalue weighted by Gasteiger charge is 2.43. The van der Waals surface area contributed by atoms with Gasteiger partial charge in [-0.3, -0.25) is 19.2 Å². The van der Waals surface area contributed by atoms with Gasteiger partial charge in [0.1, 0.15) is 0 Å². The predicted molar refractivity (Wildman–Crippen MR) is 211 cm³/mol. The average Bonchev–Trinajstić information content (AvgIpc) is 3.93. The Morgan fingerprint density at radius 3 is 1.70 bits per heavy atom. The number of nitriles is 2. The number of fused-ring (bicyclic) bond motifs is 2. The Bertz CT molecular complexity index is 1560. The van der Waals surface area contributed by atoms with Crippen LogP contribution >= 0.6 is 23.5 Å². The molecule has 4 heterocycles. The molecule has 4 aliphatic heterocycles. The smallest absolute Gasteiger partial charge is 0.315 e. The van der Waals surface area contributed by atoms with E-state index in [0.29, 0.717) is 29.8 Å². The molecule has 0 aromatic carbocycles. The molecule has 9 N–H and O–H groups in total. The van der Waals surface area contributed by atoms with Crippen LogP contribution in [0.2, 0.25) is 0 Å². The zero-order valence-corrected chi connectivity index (χ0v) is 33.8. The van der Waals surface area contributed by atoms with Gasteiger partial charge in [-0.25, -0.2) is 9.59 Å². The molecular weight excluding hydrogens is 761 g/mol. The molecular formula is C36H56N12O6S2. The molecule has 3 unspecified atom stereocenters. The van der Waals surface area contributed by atoms with E-state index in [1.54, 1.807) is 0 Å². The first-order valence-corrected chi connectivity index (χ1v) is 21.6. The molecule has 0 saturated carbocycles. The van der Waals surface area contributed by atoms with Crippen LogP contribution in [-0.4, -0.2) is 113 Å². The average molecular weight is 817 g/mol. The van der Waals surface area contributed by atoms with Crippen LogP contribution in [-0.2, 0) is 19.2 Å². The van der Waals surface area contributed by atoms with Crippen LogP contribution in [0.3, 0.4) is 0 Å². The Morgan fingerprint density at radius 2 is 1.21 bits per heavy atom. The minimum absolute atomic E-state index is 0.0208. The van der Waals surface area contributed by atoms with Crippen molar-refractivity contribution in [3.05, 3.63) is 0 Å². The van der Waals surface area contributed by atoms with Gasteiger partial charge >= 0.3 is 12.1 Å². The number of hydrogen-bond donors (Lipinski definition) is 8. The molecule has 20 heteroatoms. The number of urea groups is 2. The topological polar surface area (TPSA) is 285 Å². The highest BCUT2D eigenvalue weighted by molar-refractivity contribution is 8.00. The Labute approximate surface area is 336 Å². The molecule has 4 rings (SSSR count). The Hall–Kier alpha value is -4.30. The molecule has 4 saturated heterocycles. The SMILES string of the molecule is CC(C#N)(CCC(=O)NCCNC(=O)CCCC[C@@H]1SC[C@@H]2NC(=O)N[C@@H]21)/N=N/C(C)(C#N)CC(CCNC(=O)CCCC[C@@H]1SC[C@@H]2NC(=O)N[C@@H]21)C(N)=O. The summed E-state index contributed by atoms with van der Waals surface area (Å²) >= 11 is 3.68. The van der Waals surface area contributed by atoms with Crippen molar-refractivity contribution in [1.82, 2.24) is 37.2 Å². The summed E-state index contributed by atoms with van der Waals surface area (Å²) in [6.07, 6.45) is 5.76. The zero-order chi connectivity index (χ0) is 40.7. The van der Waals surface area contributed by atoms with E-state index < -0.39 is 22.9 Å². The molecule has 0 aliphatic carbocycles. The van der Waals surface area contributed by atoms with Gasteiger partial charge in [0.25, 0.3) is 0 Å². The molecule has 4 aliphatic rings. The number of nitrogens with two attached hydrogens (primary N) is 1. The summed E-state index contributed by atoms with van der Waals surface area (Å²) in [5.41, 5.74) is 2.73. The number of unbranched alkanes of at least 4 members (excludes halogenated alkanes) is 2. The largest absolute Gasteiger partial charge is 0.369 e. The van der Waals surface area contributed by atoms with Gasteiger partial charge in [-0.2, -0.15) is 44.3 Å². The monoisotopic (exact) mass is 816 g/mol. The van der Waals surface area contributed by atoms with Crippen molar-refractivity contribution < 1.29 is 28.8 Å². The summed E-state index contributed by atoms with van der Waals surface area (Å²) in [5.74, 6) is -0.248. The standard InChI is InChI=1S/C36H56N12O6S2/c1-35(20-37,13-11-29(51)42-16-15-41-28(50)10-6-4-8-26-31-24(19-56-26)44-34(54)46-31)47-48-36(2,21-38)17-22(32(39)52)12-14-40-27(49)9-5-3-7-25-30-23(18-55-25)43-33(53)45-30/h22-26,30-31H,3-19H2,1-2H3,(H2,39,52)(H,40,49)(H,41,50)(H,42,51)(H2,43,45,53)(H2,44,46,54)/b48-47+/t22?,23-,24-,25-,26-,30-,31-,35?,36?/m0/s1. The van der Waals surface area contributed by atoms with E-state index in [9.17, 15) is 39.3 Å². The van der Waals surface area contributed by atoms with Crippen LogP contribution in [0.1, 0.15) is 90.9 Å². The van der Waals surface area contributed by atoms with E-state index in [2.05, 4.69) is 53.5 Å². The summed E-state index contributed by atoms with van der Waals surface area (Å²) in [4.78, 5) is 72.6. The first-order chi connectivity index (χ1) is 26.7. The van der Waals surface area contributed by atoms with Crippen molar-refractivity contribution in [2.75, 3.05) is 31.1 Å². The van der Waals surface area contributed by atoms with E-state index in [4.69, 9.17) is 5.73 Å². The number of azo groups is 1. The molecule has 0 aromatic rings. The maximum absolute atomic E-state index is 12.5. The minimum atomic E-state index is -1.49. The predicted octanol–water partition coefficient (Wildman–Crippen LogP) is 1.47. The summed E-state index contributed by atoms with van der Waals surface area (Å²) < 4.78 is 0. The highest BCUT2D eigenvalue weighted by Crippen LogP contribution is 2.34. The quantitative estimate of drug-likeness (QED) is 0.0394. The number of primary amides is 1. The second-order valence-electron chi connectivity index (χ2n) is 15.3. The van der Waals surface area contributed by atoms with Crippen LogP contribution in [0, 0.1) is 28.6 Å². The molecule has 0 radical (unpaired) electrons. The number of nitrogens with zero attached hydrogens (tertiary/aromatic N) is 4. The molecule has 4 fully saturated rings. The van der Waals surface area contributed by atoms with Gasteiger partial charge < -0.3 is 43.0 Å². The molecule has 0 spiro atoms. The number of rotatable bonds is 24. The minimum Gasteiger partial charge on any atom is -0.369 e. The van der Waals surface area contributed by atoms with Crippen molar-refractivity contribution in [2.45, 2.75) is 137 Å². The Balaban J connectivity index is 1.07. The van der Waals surface area contributed by atoms with Gasteiger partial charge in [0.05, 0.1) is 36.3 Å². The number of amides is 8. The van der Waals surface area contributed by atoms with Crippen molar-refractivity contribution in [3.63, 3.8) is 0 Å². The fraction of sp³-hybridized carbons (Fsp3) is 0.778. The van der Waals surface area contributed by atoms with Crippen LogP contribution in [0.15, 0.2) is 10.2 Å². The second-order valence-corrected chi connectivity index (χ2v) is 17.9. The highest BCUT2D eigenvalue weighted by atomic mass is 32.2. The number of thioether (sulfide) groups is 2. The number of carbonyl (C=O) groups is 6. The number of nitrogens with one attached hydrogen (secondary N) is 7. The number of hydrogen-bond acceptors (Lipinski definition) is 12. The fourth-order valence-corrected chi connectivity index (χ4v) is 10.3. The fourth-order valence-electron chi connectivity index (χ4n) is 7.24. The van der Waals surface area contributed by atoms with E-state index >= 15 is 0 Å². The third-order valence-electron chi connectivity index (χ3n) is 10.6. The molecule has 8 amide bonds. The number of carbonyl (C=O) groups excluding carboxylic acids is 6.